The van der Waals surface area contributed by atoms with E-state index in [-0.39, 0.29) is 15.5 Å². The van der Waals surface area contributed by atoms with Crippen molar-refractivity contribution in [1.29, 1.82) is 0 Å². The number of aromatic hydroxyl groups is 1. The minimum absolute atomic E-state index is 0.0561. The Bertz CT molecular complexity index is 1480. The van der Waals surface area contributed by atoms with Crippen LogP contribution in [0.15, 0.2) is 70.2 Å². The van der Waals surface area contributed by atoms with E-state index in [2.05, 4.69) is 27.8 Å². The van der Waals surface area contributed by atoms with Gasteiger partial charge in [0.2, 0.25) is 11.6 Å². The van der Waals surface area contributed by atoms with Gasteiger partial charge in [0.15, 0.2) is 0 Å². The predicted octanol–water partition coefficient (Wildman–Crippen LogP) is 3.10. The Morgan fingerprint density at radius 3 is 2.48 bits per heavy atom. The molecule has 13 heteroatoms. The summed E-state index contributed by atoms with van der Waals surface area (Å²) in [6.07, 6.45) is 4.44. The monoisotopic (exact) mass is 491 g/mol. The number of thiol groups is 1. The number of aromatic amines is 1. The first-order valence-electron chi connectivity index (χ1n) is 9.59. The van der Waals surface area contributed by atoms with Crippen LogP contribution >= 0.6 is 12.6 Å². The van der Waals surface area contributed by atoms with Gasteiger partial charge in [-0.05, 0) is 50.0 Å². The summed E-state index contributed by atoms with van der Waals surface area (Å²) in [5.41, 5.74) is 0.690. The van der Waals surface area contributed by atoms with Crippen molar-refractivity contribution in [3.8, 4) is 5.88 Å². The maximum Gasteiger partial charge on any atom is 0.330 e. The molecule has 0 bridgehead atoms. The molecule has 0 unspecified atom stereocenters. The summed E-state index contributed by atoms with van der Waals surface area (Å²) in [6.45, 7) is 3.31. The van der Waals surface area contributed by atoms with E-state index >= 15 is 0 Å². The second-order valence-electron chi connectivity index (χ2n) is 7.29. The molecule has 0 amide bonds. The molecule has 0 spiro atoms. The molecular formula is C20H21N5O6S2. The van der Waals surface area contributed by atoms with Gasteiger partial charge in [-0.25, -0.2) is 4.79 Å². The highest BCUT2D eigenvalue weighted by Gasteiger charge is 2.20. The molecule has 0 saturated heterocycles. The second kappa shape index (κ2) is 9.29. The zero-order chi connectivity index (χ0) is 24.5. The molecule has 1 heterocycles. The Hall–Kier alpha value is -3.29. The van der Waals surface area contributed by atoms with Crippen LogP contribution in [-0.4, -0.2) is 33.3 Å². The van der Waals surface area contributed by atoms with Gasteiger partial charge in [0.05, 0.1) is 16.3 Å². The number of hydrogen-bond donors (Lipinski definition) is 4. The van der Waals surface area contributed by atoms with Crippen LogP contribution in [0.5, 0.6) is 5.88 Å². The number of hydrogen-bond acceptors (Lipinski definition) is 9. The van der Waals surface area contributed by atoms with Crippen molar-refractivity contribution in [2.75, 3.05) is 0 Å². The Kier molecular flexibility index (Phi) is 6.86. The molecule has 1 aliphatic rings. The minimum Gasteiger partial charge on any atom is -0.493 e. The topological polar surface area (TPSA) is 167 Å². The Balaban J connectivity index is 1.88. The molecule has 33 heavy (non-hydrogen) atoms. The second-order valence-corrected chi connectivity index (χ2v) is 9.10. The van der Waals surface area contributed by atoms with Crippen molar-refractivity contribution in [1.82, 2.24) is 9.55 Å². The fourth-order valence-corrected chi connectivity index (χ4v) is 4.61. The Morgan fingerprint density at radius 1 is 1.18 bits per heavy atom. The fourth-order valence-electron chi connectivity index (χ4n) is 3.14. The number of allylic oxidation sites excluding steroid dienone is 4. The van der Waals surface area contributed by atoms with Crippen molar-refractivity contribution in [3.05, 3.63) is 62.0 Å². The molecule has 3 N–H and O–H groups in total. The van der Waals surface area contributed by atoms with Crippen molar-refractivity contribution in [2.24, 2.45) is 22.3 Å². The standard InChI is InChI=1S/C20H21N5O6S2/c1-10-4-9-14(16(32)17(10)33(29,30)31)21-11(2)12-5-7-13(8-6-12)23-24-15-18(26)22-20(28)25(3)19(15)27/h4-5,7,9,27,32H,6,8H2,1-3H3,(H,22,26,28)(H,29,30,31). The van der Waals surface area contributed by atoms with Crippen molar-refractivity contribution >= 4 is 39.8 Å². The van der Waals surface area contributed by atoms with E-state index in [1.54, 1.807) is 38.1 Å². The number of aryl methyl sites for hydroxylation is 1. The van der Waals surface area contributed by atoms with Crippen molar-refractivity contribution < 1.29 is 18.1 Å². The lowest BCUT2D eigenvalue weighted by molar-refractivity contribution is 0.419. The number of aliphatic imine (C=N–C) groups is 1. The van der Waals surface area contributed by atoms with Gasteiger partial charge in [0.25, 0.3) is 15.7 Å². The van der Waals surface area contributed by atoms with E-state index < -0.39 is 27.2 Å². The first-order valence-corrected chi connectivity index (χ1v) is 11.5. The summed E-state index contributed by atoms with van der Waals surface area (Å²) in [5, 5.41) is 17.7. The van der Waals surface area contributed by atoms with Gasteiger partial charge < -0.3 is 5.11 Å². The largest absolute Gasteiger partial charge is 0.493 e. The third-order valence-electron chi connectivity index (χ3n) is 4.99. The number of nitrogens with zero attached hydrogens (tertiary/aromatic N) is 4. The van der Waals surface area contributed by atoms with Crippen LogP contribution < -0.4 is 11.2 Å². The molecule has 0 radical (unpaired) electrons. The number of rotatable bonds is 5. The molecule has 0 fully saturated rings. The maximum absolute atomic E-state index is 11.8. The highest BCUT2D eigenvalue weighted by Crippen LogP contribution is 2.33. The summed E-state index contributed by atoms with van der Waals surface area (Å²) >= 11 is 4.24. The zero-order valence-electron chi connectivity index (χ0n) is 17.9. The first kappa shape index (κ1) is 24.4. The van der Waals surface area contributed by atoms with Crippen LogP contribution in [0.1, 0.15) is 25.3 Å². The van der Waals surface area contributed by atoms with Crippen LogP contribution in [0.2, 0.25) is 0 Å². The number of H-pyrrole nitrogens is 1. The van der Waals surface area contributed by atoms with Crippen LogP contribution in [0.25, 0.3) is 0 Å². The van der Waals surface area contributed by atoms with Gasteiger partial charge in [0, 0.05) is 12.8 Å². The molecule has 3 rings (SSSR count). The lowest BCUT2D eigenvalue weighted by Crippen LogP contribution is -2.27. The summed E-state index contributed by atoms with van der Waals surface area (Å²) < 4.78 is 33.6. The van der Waals surface area contributed by atoms with Gasteiger partial charge >= 0.3 is 5.69 Å². The van der Waals surface area contributed by atoms with E-state index in [0.717, 1.165) is 10.1 Å². The summed E-state index contributed by atoms with van der Waals surface area (Å²) in [6, 6.07) is 3.16. The average Bonchev–Trinajstić information content (AvgIpc) is 2.73. The number of nitrogens with one attached hydrogen (secondary N) is 1. The molecule has 0 aliphatic heterocycles. The lowest BCUT2D eigenvalue weighted by Gasteiger charge is -2.13. The molecule has 1 aliphatic carbocycles. The van der Waals surface area contributed by atoms with Crippen molar-refractivity contribution in [3.63, 3.8) is 0 Å². The maximum atomic E-state index is 11.8. The van der Waals surface area contributed by atoms with E-state index in [4.69, 9.17) is 0 Å². The third-order valence-corrected chi connectivity index (χ3v) is 6.64. The molecule has 1 aromatic carbocycles. The van der Waals surface area contributed by atoms with E-state index in [9.17, 15) is 27.7 Å². The summed E-state index contributed by atoms with van der Waals surface area (Å²) in [4.78, 5) is 29.6. The number of aromatic nitrogens is 2. The van der Waals surface area contributed by atoms with Crippen LogP contribution in [0, 0.1) is 6.92 Å². The van der Waals surface area contributed by atoms with Crippen molar-refractivity contribution in [2.45, 2.75) is 36.5 Å². The first-order chi connectivity index (χ1) is 15.4. The zero-order valence-corrected chi connectivity index (χ0v) is 19.6. The highest BCUT2D eigenvalue weighted by molar-refractivity contribution is 7.87. The smallest absolute Gasteiger partial charge is 0.330 e. The number of benzene rings is 1. The van der Waals surface area contributed by atoms with Gasteiger partial charge in [0.1, 0.15) is 4.90 Å². The minimum atomic E-state index is -4.45. The van der Waals surface area contributed by atoms with Gasteiger partial charge in [-0.2, -0.15) is 13.5 Å². The van der Waals surface area contributed by atoms with Gasteiger partial charge in [-0.1, -0.05) is 12.1 Å². The molecule has 2 aromatic rings. The van der Waals surface area contributed by atoms with Gasteiger partial charge in [-0.3, -0.25) is 23.9 Å². The summed E-state index contributed by atoms with van der Waals surface area (Å²) in [7, 11) is -3.16. The molecule has 11 nitrogen and oxygen atoms in total. The molecular weight excluding hydrogens is 470 g/mol. The predicted molar refractivity (Wildman–Crippen MR) is 125 cm³/mol. The van der Waals surface area contributed by atoms with E-state index in [1.165, 1.54) is 7.05 Å². The van der Waals surface area contributed by atoms with Gasteiger partial charge in [-0.15, -0.1) is 17.7 Å². The number of azo groups is 1. The molecule has 0 saturated carbocycles. The Labute approximate surface area is 194 Å². The third kappa shape index (κ3) is 5.21. The molecule has 174 valence electrons. The van der Waals surface area contributed by atoms with E-state index in [1.807, 2.05) is 4.98 Å². The quantitative estimate of drug-likeness (QED) is 0.217. The Morgan fingerprint density at radius 2 is 1.88 bits per heavy atom. The van der Waals surface area contributed by atoms with E-state index in [0.29, 0.717) is 35.5 Å². The normalized spacial score (nSPS) is 15.0. The summed E-state index contributed by atoms with van der Waals surface area (Å²) in [5.74, 6) is -0.590. The SMILES string of the molecule is CC(=Nc1ccc(C)c(S(=O)(=O)O)c1S)C1=CC=C(N=Nc2c(O)n(C)c(=O)[nH]c2=O)CC1. The molecule has 1 aromatic heterocycles. The van der Waals surface area contributed by atoms with Crippen LogP contribution in [0.4, 0.5) is 11.4 Å². The van der Waals surface area contributed by atoms with Crippen LogP contribution in [-0.2, 0) is 17.2 Å². The average molecular weight is 492 g/mol. The van der Waals surface area contributed by atoms with Crippen LogP contribution in [0.3, 0.4) is 0 Å². The highest BCUT2D eigenvalue weighted by atomic mass is 32.2. The fraction of sp³-hybridized carbons (Fsp3) is 0.250. The lowest BCUT2D eigenvalue weighted by atomic mass is 9.99. The molecule has 0 atom stereocenters.